The summed E-state index contributed by atoms with van der Waals surface area (Å²) in [7, 11) is 0. The first kappa shape index (κ1) is 13.6. The van der Waals surface area contributed by atoms with Crippen LogP contribution in [0.3, 0.4) is 0 Å². The van der Waals surface area contributed by atoms with Crippen molar-refractivity contribution in [3.8, 4) is 0 Å². The fourth-order valence-electron chi connectivity index (χ4n) is 1.16. The van der Waals surface area contributed by atoms with Crippen LogP contribution in [-0.4, -0.2) is 22.8 Å². The van der Waals surface area contributed by atoms with E-state index in [0.29, 0.717) is 29.3 Å². The van der Waals surface area contributed by atoms with Gasteiger partial charge >= 0.3 is 0 Å². The summed E-state index contributed by atoms with van der Waals surface area (Å²) in [6.45, 7) is 4.68. The lowest BCUT2D eigenvalue weighted by atomic mass is 10.2. The Balaban J connectivity index is 2.50. The quantitative estimate of drug-likeness (QED) is 0.807. The Morgan fingerprint density at radius 3 is 2.75 bits per heavy atom. The summed E-state index contributed by atoms with van der Waals surface area (Å²) in [5.74, 6) is 0.446. The van der Waals surface area contributed by atoms with Gasteiger partial charge in [0.05, 0.1) is 11.1 Å². The zero-order valence-corrected chi connectivity index (χ0v) is 10.9. The number of hydrogen-bond donors (Lipinski definition) is 0. The molecule has 0 radical (unpaired) electrons. The third kappa shape index (κ3) is 4.57. The molecule has 0 spiro atoms. The second kappa shape index (κ2) is 6.30. The van der Waals surface area contributed by atoms with E-state index in [-0.39, 0.29) is 6.54 Å². The third-order valence-corrected chi connectivity index (χ3v) is 2.46. The molecule has 0 aliphatic heterocycles. The van der Waals surface area contributed by atoms with E-state index in [9.17, 15) is 8.78 Å². The maximum atomic E-state index is 12.1. The molecule has 1 heterocycles. The predicted molar refractivity (Wildman–Crippen MR) is 60.4 cm³/mol. The van der Waals surface area contributed by atoms with Crippen molar-refractivity contribution in [1.82, 2.24) is 9.78 Å². The van der Waals surface area contributed by atoms with E-state index in [1.165, 1.54) is 4.68 Å². The second-order valence-corrected chi connectivity index (χ2v) is 4.80. The summed E-state index contributed by atoms with van der Waals surface area (Å²) in [6.07, 6.45) is -0.850. The van der Waals surface area contributed by atoms with Crippen molar-refractivity contribution in [1.29, 1.82) is 0 Å². The van der Waals surface area contributed by atoms with Gasteiger partial charge < -0.3 is 4.74 Å². The molecule has 16 heavy (non-hydrogen) atoms. The molecular weight excluding hydrogens is 282 g/mol. The summed E-state index contributed by atoms with van der Waals surface area (Å²) < 4.78 is 31.5. The molecule has 1 aromatic heterocycles. The first-order valence-electron chi connectivity index (χ1n) is 5.06. The number of hydrogen-bond acceptors (Lipinski definition) is 2. The second-order valence-electron chi connectivity index (χ2n) is 3.95. The predicted octanol–water partition coefficient (Wildman–Crippen LogP) is 3.08. The molecule has 3 nitrogen and oxygen atoms in total. The van der Waals surface area contributed by atoms with Crippen molar-refractivity contribution in [2.75, 3.05) is 6.61 Å². The SMILES string of the molecule is CC(C)COCc1nn(CC(F)F)cc1Br. The van der Waals surface area contributed by atoms with Gasteiger partial charge in [-0.3, -0.25) is 4.68 Å². The zero-order valence-electron chi connectivity index (χ0n) is 9.29. The molecule has 0 amide bonds. The molecule has 92 valence electrons. The van der Waals surface area contributed by atoms with E-state index >= 15 is 0 Å². The average molecular weight is 297 g/mol. The fourth-order valence-corrected chi connectivity index (χ4v) is 1.59. The number of halogens is 3. The Bertz CT molecular complexity index is 329. The molecule has 0 fully saturated rings. The van der Waals surface area contributed by atoms with Crippen molar-refractivity contribution < 1.29 is 13.5 Å². The van der Waals surface area contributed by atoms with Crippen molar-refractivity contribution in [2.24, 2.45) is 5.92 Å². The van der Waals surface area contributed by atoms with Crippen LogP contribution in [0.5, 0.6) is 0 Å². The largest absolute Gasteiger partial charge is 0.375 e. The summed E-state index contributed by atoms with van der Waals surface area (Å²) in [6, 6.07) is 0. The zero-order chi connectivity index (χ0) is 12.1. The van der Waals surface area contributed by atoms with Crippen molar-refractivity contribution in [3.05, 3.63) is 16.4 Å². The maximum absolute atomic E-state index is 12.1. The highest BCUT2D eigenvalue weighted by Crippen LogP contribution is 2.16. The highest BCUT2D eigenvalue weighted by atomic mass is 79.9. The van der Waals surface area contributed by atoms with Gasteiger partial charge in [0.15, 0.2) is 0 Å². The van der Waals surface area contributed by atoms with Gasteiger partial charge in [0, 0.05) is 12.8 Å². The minimum absolute atomic E-state index is 0.342. The van der Waals surface area contributed by atoms with E-state index in [1.54, 1.807) is 6.20 Å². The van der Waals surface area contributed by atoms with Gasteiger partial charge in [0.1, 0.15) is 12.2 Å². The Labute approximate surface area is 102 Å². The number of aromatic nitrogens is 2. The molecule has 1 rings (SSSR count). The molecule has 0 aliphatic carbocycles. The first-order valence-corrected chi connectivity index (χ1v) is 5.86. The Kier molecular flexibility index (Phi) is 5.34. The highest BCUT2D eigenvalue weighted by molar-refractivity contribution is 9.10. The first-order chi connectivity index (χ1) is 7.49. The molecule has 0 saturated heterocycles. The number of rotatable bonds is 6. The van der Waals surface area contributed by atoms with Crippen LogP contribution in [0.2, 0.25) is 0 Å². The van der Waals surface area contributed by atoms with E-state index < -0.39 is 6.43 Å². The van der Waals surface area contributed by atoms with E-state index in [2.05, 4.69) is 21.0 Å². The number of alkyl halides is 2. The van der Waals surface area contributed by atoms with Gasteiger partial charge in [-0.15, -0.1) is 0 Å². The standard InChI is InChI=1S/C10H15BrF2N2O/c1-7(2)5-16-6-9-8(11)3-15(14-9)4-10(12)13/h3,7,10H,4-6H2,1-2H3. The monoisotopic (exact) mass is 296 g/mol. The van der Waals surface area contributed by atoms with Gasteiger partial charge in [-0.1, -0.05) is 13.8 Å². The fraction of sp³-hybridized carbons (Fsp3) is 0.700. The van der Waals surface area contributed by atoms with Gasteiger partial charge in [0.25, 0.3) is 6.43 Å². The van der Waals surface area contributed by atoms with Crippen molar-refractivity contribution in [2.45, 2.75) is 33.4 Å². The van der Waals surface area contributed by atoms with E-state index in [0.717, 1.165) is 0 Å². The molecule has 0 aromatic carbocycles. The molecule has 6 heteroatoms. The summed E-state index contributed by atoms with van der Waals surface area (Å²) in [5.41, 5.74) is 0.654. The average Bonchev–Trinajstić information content (AvgIpc) is 2.45. The highest BCUT2D eigenvalue weighted by Gasteiger charge is 2.10. The minimum atomic E-state index is -2.39. The van der Waals surface area contributed by atoms with Crippen LogP contribution in [0.1, 0.15) is 19.5 Å². The normalized spacial score (nSPS) is 11.7. The van der Waals surface area contributed by atoms with Crippen LogP contribution in [0.15, 0.2) is 10.7 Å². The molecule has 0 unspecified atom stereocenters. The molecule has 0 saturated carbocycles. The van der Waals surface area contributed by atoms with E-state index in [4.69, 9.17) is 4.74 Å². The molecule has 1 aromatic rings. The van der Waals surface area contributed by atoms with Crippen LogP contribution in [0, 0.1) is 5.92 Å². The maximum Gasteiger partial charge on any atom is 0.257 e. The summed E-state index contributed by atoms with van der Waals surface area (Å²) in [4.78, 5) is 0. The van der Waals surface area contributed by atoms with Crippen molar-refractivity contribution in [3.63, 3.8) is 0 Å². The lowest BCUT2D eigenvalue weighted by molar-refractivity contribution is 0.0926. The molecule has 0 atom stereocenters. The van der Waals surface area contributed by atoms with Gasteiger partial charge in [-0.05, 0) is 21.8 Å². The number of ether oxygens (including phenoxy) is 1. The number of nitrogens with zero attached hydrogens (tertiary/aromatic N) is 2. The van der Waals surface area contributed by atoms with Crippen LogP contribution in [-0.2, 0) is 17.9 Å². The summed E-state index contributed by atoms with van der Waals surface area (Å²) in [5, 5.41) is 4.01. The van der Waals surface area contributed by atoms with Crippen LogP contribution in [0.4, 0.5) is 8.78 Å². The lowest BCUT2D eigenvalue weighted by Crippen LogP contribution is -2.08. The molecule has 0 aliphatic rings. The Hall–Kier alpha value is -0.490. The van der Waals surface area contributed by atoms with Gasteiger partial charge in [-0.2, -0.15) is 5.10 Å². The van der Waals surface area contributed by atoms with Crippen LogP contribution in [0.25, 0.3) is 0 Å². The lowest BCUT2D eigenvalue weighted by Gasteiger charge is -2.05. The van der Waals surface area contributed by atoms with Crippen molar-refractivity contribution >= 4 is 15.9 Å². The molecule has 0 N–H and O–H groups in total. The van der Waals surface area contributed by atoms with Gasteiger partial charge in [-0.25, -0.2) is 8.78 Å². The molecule has 0 bridgehead atoms. The molecular formula is C10H15BrF2N2O. The smallest absolute Gasteiger partial charge is 0.257 e. The Morgan fingerprint density at radius 1 is 1.50 bits per heavy atom. The van der Waals surface area contributed by atoms with Crippen LogP contribution < -0.4 is 0 Å². The van der Waals surface area contributed by atoms with Gasteiger partial charge in [0.2, 0.25) is 0 Å². The van der Waals surface area contributed by atoms with E-state index in [1.807, 2.05) is 13.8 Å². The van der Waals surface area contributed by atoms with Crippen LogP contribution >= 0.6 is 15.9 Å². The Morgan fingerprint density at radius 2 is 2.19 bits per heavy atom. The summed E-state index contributed by atoms with van der Waals surface area (Å²) >= 11 is 3.27. The topological polar surface area (TPSA) is 27.1 Å². The third-order valence-electron chi connectivity index (χ3n) is 1.80. The minimum Gasteiger partial charge on any atom is -0.375 e.